The van der Waals surface area contributed by atoms with E-state index in [1.165, 1.54) is 0 Å². The van der Waals surface area contributed by atoms with Gasteiger partial charge in [-0.25, -0.2) is 0 Å². The van der Waals surface area contributed by atoms with Crippen LogP contribution in [0.4, 0.5) is 17.1 Å². The maximum absolute atomic E-state index is 11.3. The van der Waals surface area contributed by atoms with E-state index in [2.05, 4.69) is 10.6 Å². The number of amides is 1. The van der Waals surface area contributed by atoms with E-state index in [4.69, 9.17) is 5.73 Å². The van der Waals surface area contributed by atoms with Gasteiger partial charge in [-0.05, 0) is 31.0 Å². The van der Waals surface area contributed by atoms with E-state index in [0.29, 0.717) is 17.9 Å². The number of carbonyl (C=O) groups is 1. The van der Waals surface area contributed by atoms with Crippen molar-refractivity contribution in [3.8, 4) is 0 Å². The van der Waals surface area contributed by atoms with Crippen molar-refractivity contribution in [1.82, 2.24) is 0 Å². The van der Waals surface area contributed by atoms with Crippen LogP contribution in [0.15, 0.2) is 12.1 Å². The topological polar surface area (TPSA) is 84.2 Å². The third-order valence-corrected chi connectivity index (χ3v) is 3.95. The molecule has 4 N–H and O–H groups in total. The maximum atomic E-state index is 11.3. The van der Waals surface area contributed by atoms with E-state index in [-0.39, 0.29) is 11.9 Å². The summed E-state index contributed by atoms with van der Waals surface area (Å²) in [4.78, 5) is 11.3. The van der Waals surface area contributed by atoms with Crippen molar-refractivity contribution in [3.63, 3.8) is 0 Å². The van der Waals surface area contributed by atoms with Crippen LogP contribution in [0.25, 0.3) is 0 Å². The van der Waals surface area contributed by atoms with E-state index in [1.807, 2.05) is 19.1 Å². The lowest BCUT2D eigenvalue weighted by molar-refractivity contribution is -0.115. The van der Waals surface area contributed by atoms with Gasteiger partial charge in [0.2, 0.25) is 5.91 Å². The lowest BCUT2D eigenvalue weighted by Crippen LogP contribution is -2.18. The van der Waals surface area contributed by atoms with Gasteiger partial charge in [-0.2, -0.15) is 0 Å². The largest absolute Gasteiger partial charge is 0.397 e. The van der Waals surface area contributed by atoms with Gasteiger partial charge in [0.1, 0.15) is 0 Å². The van der Waals surface area contributed by atoms with Crippen LogP contribution in [0.2, 0.25) is 0 Å². The summed E-state index contributed by atoms with van der Waals surface area (Å²) in [6, 6.07) is 3.89. The number of hydrogen-bond donors (Lipinski definition) is 3. The lowest BCUT2D eigenvalue weighted by Gasteiger charge is -2.17. The fourth-order valence-electron chi connectivity index (χ4n) is 2.10. The van der Waals surface area contributed by atoms with Crippen LogP contribution in [-0.4, -0.2) is 28.2 Å². The van der Waals surface area contributed by atoms with Crippen LogP contribution >= 0.6 is 0 Å². The van der Waals surface area contributed by atoms with E-state index in [9.17, 15) is 9.00 Å². The number of anilines is 3. The number of nitrogen functional groups attached to an aromatic ring is 1. The first-order valence-electron chi connectivity index (χ1n) is 6.24. The lowest BCUT2D eigenvalue weighted by atomic mass is 10.1. The van der Waals surface area contributed by atoms with Crippen LogP contribution < -0.4 is 16.4 Å². The Morgan fingerprint density at radius 2 is 2.26 bits per heavy atom. The summed E-state index contributed by atoms with van der Waals surface area (Å²) < 4.78 is 11.1. The van der Waals surface area contributed by atoms with Crippen molar-refractivity contribution in [2.45, 2.75) is 25.8 Å². The van der Waals surface area contributed by atoms with Crippen molar-refractivity contribution in [2.24, 2.45) is 0 Å². The van der Waals surface area contributed by atoms with Gasteiger partial charge in [0, 0.05) is 34.5 Å². The molecule has 1 aliphatic heterocycles. The summed E-state index contributed by atoms with van der Waals surface area (Å²) in [5, 5.41) is 6.10. The van der Waals surface area contributed by atoms with E-state index >= 15 is 0 Å². The molecule has 0 saturated heterocycles. The van der Waals surface area contributed by atoms with Gasteiger partial charge < -0.3 is 16.4 Å². The highest BCUT2D eigenvalue weighted by Gasteiger charge is 2.19. The van der Waals surface area contributed by atoms with Gasteiger partial charge in [-0.1, -0.05) is 0 Å². The average Bonchev–Trinajstić information content (AvgIpc) is 2.66. The number of fused-ring (bicyclic) bond motifs is 1. The maximum Gasteiger partial charge on any atom is 0.228 e. The molecule has 0 radical (unpaired) electrons. The third-order valence-electron chi connectivity index (χ3n) is 3.14. The molecule has 0 aliphatic carbocycles. The van der Waals surface area contributed by atoms with E-state index < -0.39 is 10.8 Å². The molecule has 2 rings (SSSR count). The number of hydrogen-bond acceptors (Lipinski definition) is 4. The van der Waals surface area contributed by atoms with Crippen molar-refractivity contribution in [2.75, 3.05) is 28.4 Å². The molecule has 19 heavy (non-hydrogen) atoms. The molecule has 5 nitrogen and oxygen atoms in total. The minimum Gasteiger partial charge on any atom is -0.397 e. The highest BCUT2D eigenvalue weighted by Crippen LogP contribution is 2.31. The first-order valence-corrected chi connectivity index (χ1v) is 7.97. The molecule has 0 spiro atoms. The van der Waals surface area contributed by atoms with E-state index in [1.54, 1.807) is 6.26 Å². The van der Waals surface area contributed by atoms with Gasteiger partial charge in [0.25, 0.3) is 0 Å². The number of carbonyl (C=O) groups excluding carboxylic acids is 1. The molecule has 0 bridgehead atoms. The molecule has 0 fully saturated rings. The molecule has 1 heterocycles. The number of nitrogens with two attached hydrogens (primary N) is 1. The molecular formula is C13H19N3O2S. The Morgan fingerprint density at radius 1 is 1.53 bits per heavy atom. The zero-order valence-corrected chi connectivity index (χ0v) is 12.0. The molecule has 2 unspecified atom stereocenters. The van der Waals surface area contributed by atoms with Crippen molar-refractivity contribution < 1.29 is 9.00 Å². The highest BCUT2D eigenvalue weighted by molar-refractivity contribution is 7.84. The number of benzene rings is 1. The third kappa shape index (κ3) is 3.47. The fraction of sp³-hybridized carbons (Fsp3) is 0.462. The number of rotatable bonds is 5. The smallest absolute Gasteiger partial charge is 0.228 e. The van der Waals surface area contributed by atoms with Crippen molar-refractivity contribution in [1.29, 1.82) is 0 Å². The highest BCUT2D eigenvalue weighted by atomic mass is 32.2. The second-order valence-corrected chi connectivity index (χ2v) is 6.49. The van der Waals surface area contributed by atoms with E-state index in [0.717, 1.165) is 23.4 Å². The van der Waals surface area contributed by atoms with Gasteiger partial charge in [-0.15, -0.1) is 0 Å². The van der Waals surface area contributed by atoms with Gasteiger partial charge in [0.15, 0.2) is 0 Å². The number of nitrogens with one attached hydrogen (secondary N) is 2. The molecule has 2 atom stereocenters. The monoisotopic (exact) mass is 281 g/mol. The molecule has 1 aromatic rings. The van der Waals surface area contributed by atoms with Crippen LogP contribution in [0.1, 0.15) is 18.9 Å². The van der Waals surface area contributed by atoms with Crippen molar-refractivity contribution in [3.05, 3.63) is 17.7 Å². The Balaban J connectivity index is 2.07. The Bertz CT molecular complexity index is 531. The van der Waals surface area contributed by atoms with Crippen LogP contribution in [-0.2, 0) is 22.0 Å². The molecule has 1 aliphatic rings. The molecule has 0 aromatic heterocycles. The minimum absolute atomic E-state index is 0.000906. The molecule has 1 amide bonds. The Morgan fingerprint density at radius 3 is 2.95 bits per heavy atom. The fourth-order valence-corrected chi connectivity index (χ4v) is 2.78. The zero-order chi connectivity index (χ0) is 14.0. The Hall–Kier alpha value is -1.56. The average molecular weight is 281 g/mol. The van der Waals surface area contributed by atoms with Crippen LogP contribution in [0.5, 0.6) is 0 Å². The molecule has 6 heteroatoms. The molecule has 1 aromatic carbocycles. The summed E-state index contributed by atoms with van der Waals surface area (Å²) in [5.74, 6) is 0.663. The minimum atomic E-state index is -0.782. The van der Waals surface area contributed by atoms with Gasteiger partial charge in [-0.3, -0.25) is 9.00 Å². The Kier molecular flexibility index (Phi) is 4.09. The summed E-state index contributed by atoms with van der Waals surface area (Å²) in [6.07, 6.45) is 2.90. The molecular weight excluding hydrogens is 262 g/mol. The first kappa shape index (κ1) is 13.9. The SMILES string of the molecule is CC(CCS(C)=O)Nc1cc2c(cc1N)CC(=O)N2. The Labute approximate surface area is 115 Å². The summed E-state index contributed by atoms with van der Waals surface area (Å²) in [6.45, 7) is 2.03. The second-order valence-electron chi connectivity index (χ2n) is 4.93. The predicted octanol–water partition coefficient (Wildman–Crippen LogP) is 1.33. The normalized spacial score (nSPS) is 16.6. The first-order chi connectivity index (χ1) is 8.95. The summed E-state index contributed by atoms with van der Waals surface area (Å²) in [5.41, 5.74) is 9.20. The zero-order valence-electron chi connectivity index (χ0n) is 11.2. The predicted molar refractivity (Wildman–Crippen MR) is 79.8 cm³/mol. The van der Waals surface area contributed by atoms with Crippen molar-refractivity contribution >= 4 is 33.8 Å². The van der Waals surface area contributed by atoms with Gasteiger partial charge >= 0.3 is 0 Å². The second kappa shape index (κ2) is 5.61. The van der Waals surface area contributed by atoms with Gasteiger partial charge in [0.05, 0.1) is 17.8 Å². The summed E-state index contributed by atoms with van der Waals surface area (Å²) >= 11 is 0. The quantitative estimate of drug-likeness (QED) is 0.711. The van der Waals surface area contributed by atoms with Crippen LogP contribution in [0.3, 0.4) is 0 Å². The summed E-state index contributed by atoms with van der Waals surface area (Å²) in [7, 11) is -0.782. The van der Waals surface area contributed by atoms with Crippen LogP contribution in [0, 0.1) is 0 Å². The molecule has 104 valence electrons. The molecule has 0 saturated carbocycles. The standard InChI is InChI=1S/C13H19N3O2S/c1-8(3-4-19(2)18)15-12-7-11-9(5-10(12)14)6-13(17)16-11/h5,7-8,15H,3-4,6,14H2,1-2H3,(H,16,17).